The molecule has 0 saturated heterocycles. The second kappa shape index (κ2) is 6.88. The van der Waals surface area contributed by atoms with E-state index in [0.717, 1.165) is 25.7 Å². The summed E-state index contributed by atoms with van der Waals surface area (Å²) in [6, 6.07) is 0.123. The molecule has 122 valence electrons. The Labute approximate surface area is 132 Å². The van der Waals surface area contributed by atoms with Crippen LogP contribution < -0.4 is 0 Å². The van der Waals surface area contributed by atoms with E-state index in [2.05, 4.69) is 15.9 Å². The van der Waals surface area contributed by atoms with E-state index in [0.29, 0.717) is 12.8 Å². The summed E-state index contributed by atoms with van der Waals surface area (Å²) in [6.07, 6.45) is 1.25. The largest absolute Gasteiger partial charge is 0.391 e. The van der Waals surface area contributed by atoms with Crippen LogP contribution in [0.15, 0.2) is 0 Å². The average molecular weight is 370 g/mol. The van der Waals surface area contributed by atoms with Gasteiger partial charge < -0.3 is 4.90 Å². The Morgan fingerprint density at radius 2 is 1.76 bits per heavy atom. The SMILES string of the molecule is CN(C(=O)C1CCCC(C(F)(F)F)C1)C1CCCCC1Br. The molecule has 2 fully saturated rings. The molecule has 0 aromatic heterocycles. The van der Waals surface area contributed by atoms with E-state index < -0.39 is 18.0 Å². The van der Waals surface area contributed by atoms with Crippen LogP contribution >= 0.6 is 15.9 Å². The maximum absolute atomic E-state index is 12.9. The smallest absolute Gasteiger partial charge is 0.341 e. The van der Waals surface area contributed by atoms with Crippen molar-refractivity contribution >= 4 is 21.8 Å². The summed E-state index contributed by atoms with van der Waals surface area (Å²) >= 11 is 3.62. The molecule has 0 aliphatic heterocycles. The van der Waals surface area contributed by atoms with E-state index >= 15 is 0 Å². The minimum absolute atomic E-state index is 0.0354. The van der Waals surface area contributed by atoms with Gasteiger partial charge in [-0.05, 0) is 32.1 Å². The number of alkyl halides is 4. The molecule has 1 amide bonds. The summed E-state index contributed by atoms with van der Waals surface area (Å²) in [6.45, 7) is 0. The van der Waals surface area contributed by atoms with Gasteiger partial charge in [0.1, 0.15) is 0 Å². The van der Waals surface area contributed by atoms with E-state index in [4.69, 9.17) is 0 Å². The number of halogens is 4. The molecule has 2 rings (SSSR count). The number of amides is 1. The summed E-state index contributed by atoms with van der Waals surface area (Å²) < 4.78 is 38.6. The van der Waals surface area contributed by atoms with E-state index in [1.807, 2.05) is 0 Å². The number of carbonyl (C=O) groups excluding carboxylic acids is 1. The zero-order valence-electron chi connectivity index (χ0n) is 12.3. The van der Waals surface area contributed by atoms with Gasteiger partial charge in [0.25, 0.3) is 0 Å². The average Bonchev–Trinajstić information content (AvgIpc) is 2.45. The van der Waals surface area contributed by atoms with Crippen molar-refractivity contribution in [3.8, 4) is 0 Å². The highest BCUT2D eigenvalue weighted by Gasteiger charge is 2.44. The molecule has 0 N–H and O–H groups in total. The highest BCUT2D eigenvalue weighted by molar-refractivity contribution is 9.09. The third-order valence-corrected chi connectivity index (χ3v) is 6.05. The quantitative estimate of drug-likeness (QED) is 0.655. The van der Waals surface area contributed by atoms with Gasteiger partial charge in [-0.25, -0.2) is 0 Å². The number of hydrogen-bond acceptors (Lipinski definition) is 1. The van der Waals surface area contributed by atoms with Crippen molar-refractivity contribution in [1.29, 1.82) is 0 Å². The first-order valence-electron chi connectivity index (χ1n) is 7.78. The summed E-state index contributed by atoms with van der Waals surface area (Å²) in [7, 11) is 1.75. The third kappa shape index (κ3) is 4.14. The van der Waals surface area contributed by atoms with Crippen LogP contribution in [0.4, 0.5) is 13.2 Å². The topological polar surface area (TPSA) is 20.3 Å². The van der Waals surface area contributed by atoms with Crippen molar-refractivity contribution in [2.75, 3.05) is 7.05 Å². The van der Waals surface area contributed by atoms with Crippen molar-refractivity contribution in [2.24, 2.45) is 11.8 Å². The molecule has 4 atom stereocenters. The maximum Gasteiger partial charge on any atom is 0.391 e. The van der Waals surface area contributed by atoms with E-state index in [1.165, 1.54) is 0 Å². The fourth-order valence-corrected chi connectivity index (χ4v) is 4.61. The van der Waals surface area contributed by atoms with Crippen molar-refractivity contribution < 1.29 is 18.0 Å². The molecular formula is C15H23BrF3NO. The van der Waals surface area contributed by atoms with Gasteiger partial charge in [0, 0.05) is 23.8 Å². The molecule has 0 aromatic rings. The first-order chi connectivity index (χ1) is 9.80. The normalized spacial score (nSPS) is 34.5. The Morgan fingerprint density at radius 1 is 1.10 bits per heavy atom. The zero-order chi connectivity index (χ0) is 15.6. The molecule has 4 unspecified atom stereocenters. The number of nitrogens with zero attached hydrogens (tertiary/aromatic N) is 1. The van der Waals surface area contributed by atoms with Crippen molar-refractivity contribution in [3.63, 3.8) is 0 Å². The molecule has 0 heterocycles. The first-order valence-corrected chi connectivity index (χ1v) is 8.69. The summed E-state index contributed by atoms with van der Waals surface area (Å²) in [5.41, 5.74) is 0. The van der Waals surface area contributed by atoms with Crippen LogP contribution in [-0.4, -0.2) is 34.9 Å². The van der Waals surface area contributed by atoms with Crippen LogP contribution in [0.25, 0.3) is 0 Å². The van der Waals surface area contributed by atoms with Gasteiger partial charge in [-0.3, -0.25) is 4.79 Å². The van der Waals surface area contributed by atoms with Gasteiger partial charge in [0.05, 0.1) is 5.92 Å². The molecule has 2 aliphatic rings. The Kier molecular flexibility index (Phi) is 5.60. The van der Waals surface area contributed by atoms with Gasteiger partial charge in [-0.15, -0.1) is 0 Å². The van der Waals surface area contributed by atoms with Gasteiger partial charge >= 0.3 is 6.18 Å². The molecule has 2 saturated carbocycles. The van der Waals surface area contributed by atoms with Gasteiger partial charge in [0.2, 0.25) is 5.91 Å². The van der Waals surface area contributed by atoms with Crippen molar-refractivity contribution in [2.45, 2.75) is 68.4 Å². The molecule has 21 heavy (non-hydrogen) atoms. The van der Waals surface area contributed by atoms with Crippen LogP contribution in [0.1, 0.15) is 51.4 Å². The van der Waals surface area contributed by atoms with Gasteiger partial charge in [-0.1, -0.05) is 35.2 Å². The lowest BCUT2D eigenvalue weighted by molar-refractivity contribution is -0.187. The Hall–Kier alpha value is -0.260. The predicted molar refractivity (Wildman–Crippen MR) is 79.2 cm³/mol. The first kappa shape index (κ1) is 17.1. The molecule has 0 spiro atoms. The Balaban J connectivity index is 1.98. The molecular weight excluding hydrogens is 347 g/mol. The number of carbonyl (C=O) groups is 1. The van der Waals surface area contributed by atoms with Crippen molar-refractivity contribution in [3.05, 3.63) is 0 Å². The summed E-state index contributed by atoms with van der Waals surface area (Å²) in [5, 5.41) is 0. The number of hydrogen-bond donors (Lipinski definition) is 0. The van der Waals surface area contributed by atoms with Crippen LogP contribution in [-0.2, 0) is 4.79 Å². The monoisotopic (exact) mass is 369 g/mol. The lowest BCUT2D eigenvalue weighted by atomic mass is 9.80. The predicted octanol–water partition coefficient (Wildman–Crippen LogP) is 4.52. The lowest BCUT2D eigenvalue weighted by Crippen LogP contribution is -2.47. The summed E-state index contributed by atoms with van der Waals surface area (Å²) in [4.78, 5) is 14.5. The molecule has 0 aromatic carbocycles. The minimum Gasteiger partial charge on any atom is -0.341 e. The third-order valence-electron chi connectivity index (χ3n) is 4.98. The van der Waals surface area contributed by atoms with Crippen molar-refractivity contribution in [1.82, 2.24) is 4.90 Å². The van der Waals surface area contributed by atoms with E-state index in [1.54, 1.807) is 11.9 Å². The molecule has 2 aliphatic carbocycles. The fourth-order valence-electron chi connectivity index (χ4n) is 3.67. The second-order valence-electron chi connectivity index (χ2n) is 6.42. The van der Waals surface area contributed by atoms with Gasteiger partial charge in [0.15, 0.2) is 0 Å². The highest BCUT2D eigenvalue weighted by atomic mass is 79.9. The minimum atomic E-state index is -4.17. The Bertz CT molecular complexity index is 374. The molecule has 0 bridgehead atoms. The fraction of sp³-hybridized carbons (Fsp3) is 0.933. The van der Waals surface area contributed by atoms with Crippen LogP contribution in [0.2, 0.25) is 0 Å². The number of rotatable bonds is 2. The Morgan fingerprint density at radius 3 is 2.38 bits per heavy atom. The summed E-state index contributed by atoms with van der Waals surface area (Å²) in [5.74, 6) is -1.86. The lowest BCUT2D eigenvalue weighted by Gasteiger charge is -2.38. The van der Waals surface area contributed by atoms with Crippen LogP contribution in [0.5, 0.6) is 0 Å². The highest BCUT2D eigenvalue weighted by Crippen LogP contribution is 2.41. The molecule has 6 heteroatoms. The van der Waals surface area contributed by atoms with Crippen LogP contribution in [0.3, 0.4) is 0 Å². The second-order valence-corrected chi connectivity index (χ2v) is 7.60. The van der Waals surface area contributed by atoms with Crippen LogP contribution in [0, 0.1) is 11.8 Å². The molecule has 0 radical (unpaired) electrons. The standard InChI is InChI=1S/C15H23BrF3NO/c1-20(13-8-3-2-7-12(13)16)14(21)10-5-4-6-11(9-10)15(17,18)19/h10-13H,2-9H2,1H3. The van der Waals surface area contributed by atoms with E-state index in [-0.39, 0.29) is 29.6 Å². The zero-order valence-corrected chi connectivity index (χ0v) is 13.9. The van der Waals surface area contributed by atoms with E-state index in [9.17, 15) is 18.0 Å². The van der Waals surface area contributed by atoms with Gasteiger partial charge in [-0.2, -0.15) is 13.2 Å². The maximum atomic E-state index is 12.9. The molecule has 2 nitrogen and oxygen atoms in total.